The highest BCUT2D eigenvalue weighted by Gasteiger charge is 2.11. The average Bonchev–Trinajstić information content (AvgIpc) is 2.98. The van der Waals surface area contributed by atoms with Crippen LogP contribution in [0.3, 0.4) is 0 Å². The van der Waals surface area contributed by atoms with Gasteiger partial charge in [-0.15, -0.1) is 0 Å². The van der Waals surface area contributed by atoms with Crippen LogP contribution in [0.25, 0.3) is 22.6 Å². The van der Waals surface area contributed by atoms with Crippen molar-refractivity contribution in [3.8, 4) is 28.4 Å². The second-order valence-electron chi connectivity index (χ2n) is 4.58. The summed E-state index contributed by atoms with van der Waals surface area (Å²) in [7, 11) is 0. The van der Waals surface area contributed by atoms with Gasteiger partial charge in [0.2, 0.25) is 0 Å². The van der Waals surface area contributed by atoms with Crippen molar-refractivity contribution in [2.45, 2.75) is 6.92 Å². The monoisotopic (exact) mass is 282 g/mol. The molecule has 0 atom stereocenters. The number of H-pyrrole nitrogens is 1. The summed E-state index contributed by atoms with van der Waals surface area (Å²) < 4.78 is 19.4. The molecule has 106 valence electrons. The van der Waals surface area contributed by atoms with Crippen molar-refractivity contribution in [3.63, 3.8) is 0 Å². The van der Waals surface area contributed by atoms with Crippen LogP contribution in [0.2, 0.25) is 0 Å². The van der Waals surface area contributed by atoms with Crippen molar-refractivity contribution in [1.29, 1.82) is 0 Å². The number of imidazole rings is 1. The first-order valence-corrected chi connectivity index (χ1v) is 6.81. The van der Waals surface area contributed by atoms with E-state index in [9.17, 15) is 4.39 Å². The molecule has 0 radical (unpaired) electrons. The first kappa shape index (κ1) is 13.4. The van der Waals surface area contributed by atoms with Crippen LogP contribution in [0.5, 0.6) is 5.75 Å². The average molecular weight is 282 g/mol. The molecule has 0 saturated heterocycles. The van der Waals surface area contributed by atoms with E-state index in [0.29, 0.717) is 23.6 Å². The highest BCUT2D eigenvalue weighted by molar-refractivity contribution is 5.65. The molecule has 3 rings (SSSR count). The first-order chi connectivity index (χ1) is 10.3. The zero-order chi connectivity index (χ0) is 14.7. The summed E-state index contributed by atoms with van der Waals surface area (Å²) in [6.07, 6.45) is 1.71. The molecule has 1 heterocycles. The maximum absolute atomic E-state index is 14.1. The molecule has 3 aromatic rings. The van der Waals surface area contributed by atoms with Crippen LogP contribution in [0, 0.1) is 5.82 Å². The summed E-state index contributed by atoms with van der Waals surface area (Å²) >= 11 is 0. The van der Waals surface area contributed by atoms with Crippen molar-refractivity contribution in [2.24, 2.45) is 0 Å². The molecule has 1 aromatic heterocycles. The molecule has 0 aliphatic rings. The van der Waals surface area contributed by atoms with Gasteiger partial charge in [0.05, 0.1) is 12.3 Å². The summed E-state index contributed by atoms with van der Waals surface area (Å²) in [5.41, 5.74) is 2.00. The second-order valence-corrected chi connectivity index (χ2v) is 4.58. The highest BCUT2D eigenvalue weighted by atomic mass is 19.1. The number of ether oxygens (including phenoxy) is 1. The minimum Gasteiger partial charge on any atom is -0.494 e. The fraction of sp³-hybridized carbons (Fsp3) is 0.118. The van der Waals surface area contributed by atoms with E-state index in [1.165, 1.54) is 6.07 Å². The van der Waals surface area contributed by atoms with Crippen molar-refractivity contribution >= 4 is 0 Å². The lowest BCUT2D eigenvalue weighted by Crippen LogP contribution is -1.93. The zero-order valence-corrected chi connectivity index (χ0v) is 11.6. The van der Waals surface area contributed by atoms with Gasteiger partial charge in [-0.3, -0.25) is 0 Å². The lowest BCUT2D eigenvalue weighted by Gasteiger charge is -2.05. The maximum Gasteiger partial charge on any atom is 0.138 e. The Balaban J connectivity index is 1.93. The Morgan fingerprint density at radius 2 is 1.95 bits per heavy atom. The van der Waals surface area contributed by atoms with Crippen LogP contribution in [-0.4, -0.2) is 16.6 Å². The number of rotatable bonds is 4. The van der Waals surface area contributed by atoms with E-state index in [0.717, 1.165) is 11.4 Å². The fourth-order valence-electron chi connectivity index (χ4n) is 2.16. The quantitative estimate of drug-likeness (QED) is 0.775. The van der Waals surface area contributed by atoms with Crippen molar-refractivity contribution < 1.29 is 9.13 Å². The molecule has 21 heavy (non-hydrogen) atoms. The van der Waals surface area contributed by atoms with Gasteiger partial charge in [0, 0.05) is 23.4 Å². The fourth-order valence-corrected chi connectivity index (χ4v) is 2.16. The Morgan fingerprint density at radius 1 is 1.14 bits per heavy atom. The minimum atomic E-state index is -0.341. The third kappa shape index (κ3) is 2.79. The number of aromatic amines is 1. The predicted octanol–water partition coefficient (Wildman–Crippen LogP) is 4.28. The second kappa shape index (κ2) is 5.79. The van der Waals surface area contributed by atoms with E-state index < -0.39 is 0 Å². The zero-order valence-electron chi connectivity index (χ0n) is 11.6. The summed E-state index contributed by atoms with van der Waals surface area (Å²) in [6, 6.07) is 14.6. The summed E-state index contributed by atoms with van der Waals surface area (Å²) in [4.78, 5) is 7.53. The third-order valence-corrected chi connectivity index (χ3v) is 3.15. The Kier molecular flexibility index (Phi) is 3.69. The van der Waals surface area contributed by atoms with Crippen LogP contribution in [0.15, 0.2) is 54.7 Å². The van der Waals surface area contributed by atoms with Gasteiger partial charge in [-0.05, 0) is 19.1 Å². The molecule has 0 aliphatic carbocycles. The number of hydrogen-bond acceptors (Lipinski definition) is 2. The largest absolute Gasteiger partial charge is 0.494 e. The van der Waals surface area contributed by atoms with E-state index >= 15 is 0 Å². The molecule has 3 nitrogen and oxygen atoms in total. The van der Waals surface area contributed by atoms with Crippen LogP contribution >= 0.6 is 0 Å². The SMILES string of the molecule is CCOc1ccc(-c2c[nH]c(-c3ccccc3)n2)c(F)c1. The van der Waals surface area contributed by atoms with E-state index in [4.69, 9.17) is 4.74 Å². The summed E-state index contributed by atoms with van der Waals surface area (Å²) in [5.74, 6) is 0.906. The van der Waals surface area contributed by atoms with Crippen molar-refractivity contribution in [2.75, 3.05) is 6.61 Å². The van der Waals surface area contributed by atoms with E-state index in [2.05, 4.69) is 9.97 Å². The summed E-state index contributed by atoms with van der Waals surface area (Å²) in [5, 5.41) is 0. The standard InChI is InChI=1S/C17H15FN2O/c1-2-21-13-8-9-14(15(18)10-13)16-11-19-17(20-16)12-6-4-3-5-7-12/h3-11H,2H2,1H3,(H,19,20). The van der Waals surface area contributed by atoms with E-state index in [1.54, 1.807) is 18.3 Å². The molecule has 0 aliphatic heterocycles. The normalized spacial score (nSPS) is 10.6. The molecule has 0 bridgehead atoms. The number of nitrogens with zero attached hydrogens (tertiary/aromatic N) is 1. The third-order valence-electron chi connectivity index (χ3n) is 3.15. The maximum atomic E-state index is 14.1. The van der Waals surface area contributed by atoms with E-state index in [-0.39, 0.29) is 5.82 Å². The van der Waals surface area contributed by atoms with Gasteiger partial charge in [-0.1, -0.05) is 30.3 Å². The Labute approximate surface area is 122 Å². The summed E-state index contributed by atoms with van der Waals surface area (Å²) in [6.45, 7) is 2.38. The Hall–Kier alpha value is -2.62. The number of halogens is 1. The Morgan fingerprint density at radius 3 is 2.67 bits per heavy atom. The van der Waals surface area contributed by atoms with Gasteiger partial charge >= 0.3 is 0 Å². The Bertz CT molecular complexity index is 738. The van der Waals surface area contributed by atoms with Gasteiger partial charge in [0.15, 0.2) is 0 Å². The molecule has 0 amide bonds. The smallest absolute Gasteiger partial charge is 0.138 e. The topological polar surface area (TPSA) is 37.9 Å². The molecule has 0 spiro atoms. The van der Waals surface area contributed by atoms with Gasteiger partial charge in [0.25, 0.3) is 0 Å². The molecular formula is C17H15FN2O. The van der Waals surface area contributed by atoms with Gasteiger partial charge in [-0.2, -0.15) is 0 Å². The molecule has 0 fully saturated rings. The van der Waals surface area contributed by atoms with Crippen molar-refractivity contribution in [1.82, 2.24) is 9.97 Å². The van der Waals surface area contributed by atoms with Crippen LogP contribution in [-0.2, 0) is 0 Å². The first-order valence-electron chi connectivity index (χ1n) is 6.81. The lowest BCUT2D eigenvalue weighted by molar-refractivity contribution is 0.338. The number of benzene rings is 2. The van der Waals surface area contributed by atoms with Crippen LogP contribution in [0.1, 0.15) is 6.92 Å². The molecular weight excluding hydrogens is 267 g/mol. The lowest BCUT2D eigenvalue weighted by atomic mass is 10.1. The predicted molar refractivity (Wildman–Crippen MR) is 80.6 cm³/mol. The number of aromatic nitrogens is 2. The molecule has 0 saturated carbocycles. The highest BCUT2D eigenvalue weighted by Crippen LogP contribution is 2.27. The minimum absolute atomic E-state index is 0.341. The molecule has 1 N–H and O–H groups in total. The van der Waals surface area contributed by atoms with Crippen LogP contribution in [0.4, 0.5) is 4.39 Å². The van der Waals surface area contributed by atoms with Gasteiger partial charge in [-0.25, -0.2) is 9.37 Å². The molecule has 2 aromatic carbocycles. The van der Waals surface area contributed by atoms with Crippen molar-refractivity contribution in [3.05, 3.63) is 60.5 Å². The number of hydrogen-bond donors (Lipinski definition) is 1. The van der Waals surface area contributed by atoms with E-state index in [1.807, 2.05) is 37.3 Å². The molecule has 4 heteroatoms. The number of nitrogens with one attached hydrogen (secondary N) is 1. The molecule has 0 unspecified atom stereocenters. The van der Waals surface area contributed by atoms with Gasteiger partial charge in [0.1, 0.15) is 17.4 Å². The van der Waals surface area contributed by atoms with Gasteiger partial charge < -0.3 is 9.72 Å². The van der Waals surface area contributed by atoms with Crippen LogP contribution < -0.4 is 4.74 Å².